The maximum Gasteiger partial charge on any atom is 0.415 e. The number of ketones is 1. The molecule has 200 valence electrons. The molecule has 1 aromatic carbocycles. The number of likely N-dealkylation sites (tertiary alicyclic amines) is 1. The van der Waals surface area contributed by atoms with E-state index in [1.807, 2.05) is 6.07 Å². The lowest BCUT2D eigenvalue weighted by Gasteiger charge is -2.43. The highest BCUT2D eigenvalue weighted by Crippen LogP contribution is 2.63. The highest BCUT2D eigenvalue weighted by Gasteiger charge is 2.68. The molecule has 0 radical (unpaired) electrons. The third-order valence-electron chi connectivity index (χ3n) is 8.65. The Hall–Kier alpha value is -3.18. The largest absolute Gasteiger partial charge is 0.481 e. The summed E-state index contributed by atoms with van der Waals surface area (Å²) in [6.45, 7) is 1.15. The number of nitrogens with zero attached hydrogens (tertiary/aromatic N) is 3. The topological polar surface area (TPSA) is 143 Å². The first-order valence-electron chi connectivity index (χ1n) is 12.8. The molecule has 11 nitrogen and oxygen atoms in total. The average molecular weight is 515 g/mol. The summed E-state index contributed by atoms with van der Waals surface area (Å²) in [6, 6.07) is 3.20. The van der Waals surface area contributed by atoms with E-state index in [0.717, 1.165) is 30.5 Å². The number of nitrogens with two attached hydrogens (primary N) is 1. The van der Waals surface area contributed by atoms with Crippen LogP contribution in [0.15, 0.2) is 12.1 Å². The highest BCUT2D eigenvalue weighted by atomic mass is 16.6. The van der Waals surface area contributed by atoms with Crippen LogP contribution >= 0.6 is 0 Å². The predicted molar refractivity (Wildman–Crippen MR) is 132 cm³/mol. The SMILES string of the molecule is CN(CCN(C)C(=O)[C@@H](N)CCC(=O)O)C(=O)Oc1ccc2c3c1OC1C(=O)CCC4[C@@H](C2)N(C)C[C@]314. The maximum atomic E-state index is 13.0. The molecule has 1 saturated heterocycles. The first kappa shape index (κ1) is 25.5. The molecule has 2 aliphatic carbocycles. The van der Waals surface area contributed by atoms with Crippen molar-refractivity contribution in [2.75, 3.05) is 40.8 Å². The zero-order valence-corrected chi connectivity index (χ0v) is 21.4. The van der Waals surface area contributed by atoms with Crippen LogP contribution < -0.4 is 15.2 Å². The number of likely N-dealkylation sites (N-methyl/N-ethyl adjacent to an activating group) is 3. The quantitative estimate of drug-likeness (QED) is 0.510. The lowest BCUT2D eigenvalue weighted by Crippen LogP contribution is -2.55. The predicted octanol–water partition coefficient (Wildman–Crippen LogP) is 0.616. The van der Waals surface area contributed by atoms with Crippen molar-refractivity contribution in [3.05, 3.63) is 23.3 Å². The molecule has 37 heavy (non-hydrogen) atoms. The van der Waals surface area contributed by atoms with Gasteiger partial charge in [-0.25, -0.2) is 4.79 Å². The Balaban J connectivity index is 1.27. The number of aliphatic carboxylic acids is 1. The molecular formula is C26H34N4O7. The lowest BCUT2D eigenvalue weighted by molar-refractivity contribution is -0.137. The summed E-state index contributed by atoms with van der Waals surface area (Å²) in [4.78, 5) is 54.1. The van der Waals surface area contributed by atoms with Crippen LogP contribution in [0, 0.1) is 5.92 Å². The van der Waals surface area contributed by atoms with Gasteiger partial charge in [-0.2, -0.15) is 0 Å². The van der Waals surface area contributed by atoms with Gasteiger partial charge in [0, 0.05) is 58.2 Å². The van der Waals surface area contributed by atoms with Crippen LogP contribution in [0.1, 0.15) is 36.8 Å². The van der Waals surface area contributed by atoms with Crippen molar-refractivity contribution in [2.24, 2.45) is 11.7 Å². The molecule has 1 spiro atoms. The van der Waals surface area contributed by atoms with Crippen LogP contribution in [0.5, 0.6) is 11.5 Å². The number of carbonyl (C=O) groups is 4. The number of carboxylic acids is 1. The number of hydrogen-bond acceptors (Lipinski definition) is 8. The Kier molecular flexibility index (Phi) is 6.39. The van der Waals surface area contributed by atoms with Gasteiger partial charge in [-0.15, -0.1) is 0 Å². The normalized spacial score (nSPS) is 27.8. The molecule has 3 N–H and O–H groups in total. The van der Waals surface area contributed by atoms with Crippen molar-refractivity contribution in [2.45, 2.75) is 55.7 Å². The number of Topliss-reactive ketones (excluding diaryl/α,β-unsaturated/α-hetero) is 1. The second-order valence-electron chi connectivity index (χ2n) is 10.9. The van der Waals surface area contributed by atoms with Crippen molar-refractivity contribution in [3.63, 3.8) is 0 Å². The molecule has 2 bridgehead atoms. The van der Waals surface area contributed by atoms with Crippen LogP contribution in [0.25, 0.3) is 0 Å². The Bertz CT molecular complexity index is 1160. The van der Waals surface area contributed by atoms with E-state index >= 15 is 0 Å². The summed E-state index contributed by atoms with van der Waals surface area (Å²) in [5.74, 6) is -0.133. The van der Waals surface area contributed by atoms with E-state index < -0.39 is 24.2 Å². The zero-order valence-electron chi connectivity index (χ0n) is 21.4. The molecule has 5 atom stereocenters. The number of ether oxygens (including phenoxy) is 2. The second-order valence-corrected chi connectivity index (χ2v) is 10.9. The van der Waals surface area contributed by atoms with Crippen LogP contribution in [0.3, 0.4) is 0 Å². The highest BCUT2D eigenvalue weighted by molar-refractivity contribution is 5.89. The van der Waals surface area contributed by atoms with Gasteiger partial charge in [0.15, 0.2) is 23.4 Å². The van der Waals surface area contributed by atoms with E-state index in [0.29, 0.717) is 29.9 Å². The molecule has 2 aliphatic heterocycles. The first-order valence-corrected chi connectivity index (χ1v) is 12.8. The molecule has 2 unspecified atom stereocenters. The van der Waals surface area contributed by atoms with E-state index in [1.54, 1.807) is 20.2 Å². The van der Waals surface area contributed by atoms with Gasteiger partial charge in [0.1, 0.15) is 0 Å². The number of benzene rings is 1. The first-order chi connectivity index (χ1) is 17.5. The van der Waals surface area contributed by atoms with Crippen molar-refractivity contribution in [1.82, 2.24) is 14.7 Å². The van der Waals surface area contributed by atoms with Gasteiger partial charge in [-0.1, -0.05) is 6.07 Å². The standard InChI is InChI=1S/C26H34N4O7/c1-28(24(34)16(27)6-9-20(32)33)10-11-29(2)25(35)36-19-8-4-14-12-17-15-5-7-18(31)23-26(15,13-30(17)3)21(14)22(19)37-23/h4,8,15-17,23H,5-7,9-13,27H2,1-3H3,(H,32,33)/t15?,16-,17+,23?,26-/m0/s1. The molecule has 0 aromatic heterocycles. The number of carboxylic acid groups (broad SMARTS) is 1. The van der Waals surface area contributed by atoms with Gasteiger partial charge in [-0.3, -0.25) is 14.4 Å². The van der Waals surface area contributed by atoms with Crippen LogP contribution in [-0.4, -0.2) is 103 Å². The monoisotopic (exact) mass is 514 g/mol. The number of rotatable bonds is 8. The minimum Gasteiger partial charge on any atom is -0.481 e. The van der Waals surface area contributed by atoms with Crippen LogP contribution in [0.4, 0.5) is 4.79 Å². The third-order valence-corrected chi connectivity index (χ3v) is 8.65. The fraction of sp³-hybridized carbons (Fsp3) is 0.615. The number of amides is 2. The van der Waals surface area contributed by atoms with Gasteiger partial charge in [0.25, 0.3) is 0 Å². The Morgan fingerprint density at radius 1 is 1.27 bits per heavy atom. The van der Waals surface area contributed by atoms with Crippen LogP contribution in [-0.2, 0) is 26.2 Å². The minimum absolute atomic E-state index is 0.0415. The Labute approximate surface area is 215 Å². The van der Waals surface area contributed by atoms with E-state index in [9.17, 15) is 19.2 Å². The van der Waals surface area contributed by atoms with Gasteiger partial charge in [0.2, 0.25) is 5.91 Å². The van der Waals surface area contributed by atoms with E-state index in [1.165, 1.54) is 9.80 Å². The lowest BCUT2D eigenvalue weighted by atomic mass is 9.57. The van der Waals surface area contributed by atoms with Gasteiger partial charge in [-0.05, 0) is 43.9 Å². The fourth-order valence-electron chi connectivity index (χ4n) is 6.79. The molecule has 1 aromatic rings. The van der Waals surface area contributed by atoms with Crippen molar-refractivity contribution in [3.8, 4) is 11.5 Å². The molecular weight excluding hydrogens is 480 g/mol. The minimum atomic E-state index is -1.01. The molecule has 5 rings (SSSR count). The second kappa shape index (κ2) is 9.29. The van der Waals surface area contributed by atoms with Crippen molar-refractivity contribution in [1.29, 1.82) is 0 Å². The Morgan fingerprint density at radius 3 is 2.73 bits per heavy atom. The molecule has 2 heterocycles. The van der Waals surface area contributed by atoms with Crippen molar-refractivity contribution >= 4 is 23.8 Å². The van der Waals surface area contributed by atoms with Gasteiger partial charge < -0.3 is 35.0 Å². The molecule has 1 saturated carbocycles. The summed E-state index contributed by atoms with van der Waals surface area (Å²) in [5.41, 5.74) is 7.62. The fourth-order valence-corrected chi connectivity index (χ4v) is 6.79. The summed E-state index contributed by atoms with van der Waals surface area (Å²) in [6.07, 6.45) is 0.946. The molecule has 4 aliphatic rings. The summed E-state index contributed by atoms with van der Waals surface area (Å²) in [7, 11) is 5.23. The third kappa shape index (κ3) is 4.04. The molecule has 11 heteroatoms. The smallest absolute Gasteiger partial charge is 0.415 e. The van der Waals surface area contributed by atoms with E-state index in [4.69, 9.17) is 20.3 Å². The molecule has 2 fully saturated rings. The number of hydrogen-bond donors (Lipinski definition) is 2. The van der Waals surface area contributed by atoms with E-state index in [2.05, 4.69) is 11.9 Å². The Morgan fingerprint density at radius 2 is 2.00 bits per heavy atom. The van der Waals surface area contributed by atoms with E-state index in [-0.39, 0.29) is 43.0 Å². The van der Waals surface area contributed by atoms with Gasteiger partial charge >= 0.3 is 12.1 Å². The maximum absolute atomic E-state index is 13.0. The summed E-state index contributed by atoms with van der Waals surface area (Å²) in [5, 5.41) is 8.78. The average Bonchev–Trinajstić information content (AvgIpc) is 3.31. The van der Waals surface area contributed by atoms with Gasteiger partial charge in [0.05, 0.1) is 11.5 Å². The number of carbonyl (C=O) groups excluding carboxylic acids is 3. The molecule has 2 amide bonds. The zero-order chi connectivity index (χ0) is 26.6. The van der Waals surface area contributed by atoms with Crippen molar-refractivity contribution < 1.29 is 33.8 Å². The summed E-state index contributed by atoms with van der Waals surface area (Å²) < 4.78 is 12.1. The summed E-state index contributed by atoms with van der Waals surface area (Å²) >= 11 is 0. The van der Waals surface area contributed by atoms with Crippen LogP contribution in [0.2, 0.25) is 0 Å².